The lowest BCUT2D eigenvalue weighted by Gasteiger charge is -2.21. The number of carbonyl (C=O) groups is 2. The fourth-order valence-electron chi connectivity index (χ4n) is 3.32. The van der Waals surface area contributed by atoms with E-state index in [-0.39, 0.29) is 23.3 Å². The zero-order chi connectivity index (χ0) is 21.1. The topological polar surface area (TPSA) is 122 Å². The van der Waals surface area contributed by atoms with Crippen molar-refractivity contribution in [1.82, 2.24) is 9.38 Å². The van der Waals surface area contributed by atoms with E-state index in [1.165, 1.54) is 0 Å². The summed E-state index contributed by atoms with van der Waals surface area (Å²) in [6.45, 7) is 0. The second-order valence-electron chi connectivity index (χ2n) is 7.18. The van der Waals surface area contributed by atoms with Gasteiger partial charge in [-0.3, -0.25) is 4.79 Å². The molecule has 30 heavy (non-hydrogen) atoms. The Labute approximate surface area is 173 Å². The molecule has 156 valence electrons. The Morgan fingerprint density at radius 1 is 0.900 bits per heavy atom. The summed E-state index contributed by atoms with van der Waals surface area (Å²) in [5.74, 6) is -0.378. The number of fused-ring (bicyclic) bond motifs is 1. The fourth-order valence-corrected chi connectivity index (χ4v) is 4.81. The van der Waals surface area contributed by atoms with Crippen LogP contribution in [0.4, 0.5) is 21.9 Å². The Kier molecular flexibility index (Phi) is 5.40. The van der Waals surface area contributed by atoms with Crippen LogP contribution in [-0.4, -0.2) is 41.2 Å². The first-order chi connectivity index (χ1) is 14.4. The Morgan fingerprint density at radius 2 is 1.50 bits per heavy atom. The van der Waals surface area contributed by atoms with E-state index >= 15 is 0 Å². The molecule has 3 amide bonds. The molecule has 0 atom stereocenters. The summed E-state index contributed by atoms with van der Waals surface area (Å²) < 4.78 is 24.8. The Balaban J connectivity index is 1.30. The summed E-state index contributed by atoms with van der Waals surface area (Å²) in [5.41, 5.74) is 2.56. The summed E-state index contributed by atoms with van der Waals surface area (Å²) in [5, 5.41) is 8.29. The van der Waals surface area contributed by atoms with Crippen molar-refractivity contribution in [1.29, 1.82) is 0 Å². The SMILES string of the molecule is O=C(Nc1ccc(NC(=O)C2CCS(=O)(=O)CC2)cc1)Nc1ccc2nccn2c1. The number of imidazole rings is 1. The van der Waals surface area contributed by atoms with Crippen LogP contribution >= 0.6 is 0 Å². The van der Waals surface area contributed by atoms with Crippen LogP contribution < -0.4 is 16.0 Å². The number of amides is 3. The van der Waals surface area contributed by atoms with Gasteiger partial charge in [0.15, 0.2) is 0 Å². The van der Waals surface area contributed by atoms with Crippen LogP contribution in [0, 0.1) is 5.92 Å². The van der Waals surface area contributed by atoms with Crippen molar-refractivity contribution in [3.05, 3.63) is 55.0 Å². The highest BCUT2D eigenvalue weighted by Crippen LogP contribution is 2.21. The molecule has 3 aromatic rings. The number of nitrogens with zero attached hydrogens (tertiary/aromatic N) is 2. The number of nitrogens with one attached hydrogen (secondary N) is 3. The first-order valence-corrected chi connectivity index (χ1v) is 11.3. The summed E-state index contributed by atoms with van der Waals surface area (Å²) >= 11 is 0. The van der Waals surface area contributed by atoms with Crippen LogP contribution in [-0.2, 0) is 14.6 Å². The smallest absolute Gasteiger partial charge is 0.323 e. The van der Waals surface area contributed by atoms with Gasteiger partial charge in [0.2, 0.25) is 5.91 Å². The number of carbonyl (C=O) groups excluding carboxylic acids is 2. The van der Waals surface area contributed by atoms with Crippen molar-refractivity contribution >= 4 is 44.5 Å². The molecule has 3 heterocycles. The first kappa shape index (κ1) is 19.9. The third-order valence-electron chi connectivity index (χ3n) is 4.98. The molecule has 1 aliphatic heterocycles. The summed E-state index contributed by atoms with van der Waals surface area (Å²) in [6.07, 6.45) is 5.92. The van der Waals surface area contributed by atoms with E-state index in [9.17, 15) is 18.0 Å². The third-order valence-corrected chi connectivity index (χ3v) is 6.70. The van der Waals surface area contributed by atoms with Gasteiger partial charge in [-0.15, -0.1) is 0 Å². The van der Waals surface area contributed by atoms with Gasteiger partial charge in [0, 0.05) is 35.9 Å². The quantitative estimate of drug-likeness (QED) is 0.591. The van der Waals surface area contributed by atoms with E-state index in [0.717, 1.165) is 5.65 Å². The molecule has 10 heteroatoms. The molecule has 0 spiro atoms. The molecular formula is C20H21N5O4S. The van der Waals surface area contributed by atoms with Crippen LogP contribution in [0.2, 0.25) is 0 Å². The molecule has 0 bridgehead atoms. The summed E-state index contributed by atoms with van der Waals surface area (Å²) in [4.78, 5) is 28.7. The van der Waals surface area contributed by atoms with Crippen molar-refractivity contribution in [2.75, 3.05) is 27.5 Å². The summed E-state index contributed by atoms with van der Waals surface area (Å²) in [6, 6.07) is 9.90. The molecule has 3 N–H and O–H groups in total. The lowest BCUT2D eigenvalue weighted by atomic mass is 10.0. The van der Waals surface area contributed by atoms with Crippen molar-refractivity contribution in [2.24, 2.45) is 5.92 Å². The molecule has 1 aromatic carbocycles. The van der Waals surface area contributed by atoms with Gasteiger partial charge in [-0.05, 0) is 49.2 Å². The number of anilines is 3. The number of rotatable bonds is 4. The molecule has 2 aromatic heterocycles. The lowest BCUT2D eigenvalue weighted by molar-refractivity contribution is -0.120. The lowest BCUT2D eigenvalue weighted by Crippen LogP contribution is -2.31. The van der Waals surface area contributed by atoms with Crippen LogP contribution in [0.5, 0.6) is 0 Å². The largest absolute Gasteiger partial charge is 0.326 e. The Bertz CT molecular complexity index is 1170. The van der Waals surface area contributed by atoms with Crippen molar-refractivity contribution < 1.29 is 18.0 Å². The number of pyridine rings is 1. The highest BCUT2D eigenvalue weighted by atomic mass is 32.2. The fraction of sp³-hybridized carbons (Fsp3) is 0.250. The zero-order valence-corrected chi connectivity index (χ0v) is 16.9. The van der Waals surface area contributed by atoms with E-state index in [0.29, 0.717) is 29.9 Å². The van der Waals surface area contributed by atoms with E-state index in [1.807, 2.05) is 0 Å². The van der Waals surface area contributed by atoms with Crippen molar-refractivity contribution in [2.45, 2.75) is 12.8 Å². The Morgan fingerprint density at radius 3 is 2.20 bits per heavy atom. The van der Waals surface area contributed by atoms with E-state index in [1.54, 1.807) is 59.4 Å². The molecule has 1 fully saturated rings. The maximum absolute atomic E-state index is 12.3. The van der Waals surface area contributed by atoms with Crippen LogP contribution in [0.1, 0.15) is 12.8 Å². The first-order valence-electron chi connectivity index (χ1n) is 9.50. The van der Waals surface area contributed by atoms with Gasteiger partial charge in [0.25, 0.3) is 0 Å². The maximum atomic E-state index is 12.3. The minimum absolute atomic E-state index is 0.0524. The second-order valence-corrected chi connectivity index (χ2v) is 9.49. The molecule has 4 rings (SSSR count). The average Bonchev–Trinajstić information content (AvgIpc) is 3.17. The molecule has 0 saturated carbocycles. The third kappa shape index (κ3) is 4.77. The van der Waals surface area contributed by atoms with Gasteiger partial charge < -0.3 is 20.4 Å². The minimum atomic E-state index is -3.00. The van der Waals surface area contributed by atoms with E-state index < -0.39 is 15.9 Å². The second kappa shape index (κ2) is 8.15. The van der Waals surface area contributed by atoms with Gasteiger partial charge in [-0.25, -0.2) is 18.2 Å². The highest BCUT2D eigenvalue weighted by Gasteiger charge is 2.28. The van der Waals surface area contributed by atoms with Gasteiger partial charge >= 0.3 is 6.03 Å². The predicted molar refractivity (Wildman–Crippen MR) is 114 cm³/mol. The van der Waals surface area contributed by atoms with Crippen molar-refractivity contribution in [3.8, 4) is 0 Å². The zero-order valence-electron chi connectivity index (χ0n) is 16.0. The number of hydrogen-bond donors (Lipinski definition) is 3. The molecule has 0 radical (unpaired) electrons. The van der Waals surface area contributed by atoms with Crippen LogP contribution in [0.3, 0.4) is 0 Å². The van der Waals surface area contributed by atoms with Gasteiger partial charge in [-0.2, -0.15) is 0 Å². The predicted octanol–water partition coefficient (Wildman–Crippen LogP) is 2.74. The highest BCUT2D eigenvalue weighted by molar-refractivity contribution is 7.91. The van der Waals surface area contributed by atoms with Crippen LogP contribution in [0.15, 0.2) is 55.0 Å². The van der Waals surface area contributed by atoms with Gasteiger partial charge in [0.1, 0.15) is 15.5 Å². The molecule has 1 aliphatic rings. The summed E-state index contributed by atoms with van der Waals surface area (Å²) in [7, 11) is -3.00. The Hall–Kier alpha value is -3.40. The maximum Gasteiger partial charge on any atom is 0.323 e. The minimum Gasteiger partial charge on any atom is -0.326 e. The molecule has 0 aliphatic carbocycles. The van der Waals surface area contributed by atoms with E-state index in [4.69, 9.17) is 0 Å². The molecule has 1 saturated heterocycles. The standard InChI is InChI=1S/C20H21N5O4S/c26-19(14-7-11-30(28,29)12-8-14)22-15-1-3-16(4-2-15)23-20(27)24-17-5-6-18-21-9-10-25(18)13-17/h1-6,9-10,13-14H,7-8,11-12H2,(H,22,26)(H2,23,24,27). The van der Waals surface area contributed by atoms with Crippen molar-refractivity contribution in [3.63, 3.8) is 0 Å². The van der Waals surface area contributed by atoms with E-state index in [2.05, 4.69) is 20.9 Å². The normalized spacial score (nSPS) is 16.1. The molecule has 0 unspecified atom stereocenters. The number of sulfone groups is 1. The number of benzene rings is 1. The number of aromatic nitrogens is 2. The molecular weight excluding hydrogens is 406 g/mol. The number of hydrogen-bond acceptors (Lipinski definition) is 5. The monoisotopic (exact) mass is 427 g/mol. The molecule has 9 nitrogen and oxygen atoms in total. The van der Waals surface area contributed by atoms with Gasteiger partial charge in [-0.1, -0.05) is 0 Å². The van der Waals surface area contributed by atoms with Crippen LogP contribution in [0.25, 0.3) is 5.65 Å². The average molecular weight is 427 g/mol. The van der Waals surface area contributed by atoms with Gasteiger partial charge in [0.05, 0.1) is 17.2 Å². The number of urea groups is 1.